The molecule has 0 saturated heterocycles. The Kier molecular flexibility index (Phi) is 5.04. The average molecular weight is 400 g/mol. The Balaban J connectivity index is 1.59. The molecule has 30 heavy (non-hydrogen) atoms. The Hall–Kier alpha value is -4.33. The number of hydrogen-bond acceptors (Lipinski definition) is 5. The van der Waals surface area contributed by atoms with E-state index < -0.39 is 16.4 Å². The molecule has 0 bridgehead atoms. The molecule has 0 aliphatic carbocycles. The van der Waals surface area contributed by atoms with E-state index in [2.05, 4.69) is 10.4 Å². The number of nitrogens with zero attached hydrogens (tertiary/aromatic N) is 3. The number of nitro groups is 1. The summed E-state index contributed by atoms with van der Waals surface area (Å²) in [6.45, 7) is -0.287. The van der Waals surface area contributed by atoms with Crippen molar-refractivity contribution < 1.29 is 9.72 Å². The summed E-state index contributed by atoms with van der Waals surface area (Å²) >= 11 is 0. The number of nitrogens with one attached hydrogen (secondary N) is 1. The average Bonchev–Trinajstić information content (AvgIpc) is 2.75. The first-order chi connectivity index (χ1) is 14.5. The van der Waals surface area contributed by atoms with Crippen LogP contribution in [0.3, 0.4) is 0 Å². The molecule has 8 heteroatoms. The van der Waals surface area contributed by atoms with Crippen molar-refractivity contribution >= 4 is 28.1 Å². The Morgan fingerprint density at radius 3 is 2.60 bits per heavy atom. The predicted octanol–water partition coefficient (Wildman–Crippen LogP) is 3.61. The highest BCUT2D eigenvalue weighted by Crippen LogP contribution is 2.23. The molecule has 1 heterocycles. The van der Waals surface area contributed by atoms with Crippen LogP contribution >= 0.6 is 0 Å². The molecule has 0 radical (unpaired) electrons. The smallest absolute Gasteiger partial charge is 0.270 e. The van der Waals surface area contributed by atoms with E-state index in [-0.39, 0.29) is 12.2 Å². The van der Waals surface area contributed by atoms with Gasteiger partial charge >= 0.3 is 0 Å². The Morgan fingerprint density at radius 1 is 1.00 bits per heavy atom. The van der Waals surface area contributed by atoms with Crippen molar-refractivity contribution in [3.05, 3.63) is 99.3 Å². The summed E-state index contributed by atoms with van der Waals surface area (Å²) in [7, 11) is 0. The zero-order valence-corrected chi connectivity index (χ0v) is 15.7. The van der Waals surface area contributed by atoms with Gasteiger partial charge in [0, 0.05) is 34.8 Å². The third-order valence-electron chi connectivity index (χ3n) is 4.58. The molecule has 4 rings (SSSR count). The zero-order valence-electron chi connectivity index (χ0n) is 15.7. The number of fused-ring (bicyclic) bond motifs is 1. The van der Waals surface area contributed by atoms with E-state index in [4.69, 9.17) is 0 Å². The van der Waals surface area contributed by atoms with Crippen LogP contribution in [-0.2, 0) is 11.3 Å². The number of nitro benzene ring substituents is 1. The molecule has 1 N–H and O–H groups in total. The van der Waals surface area contributed by atoms with Crippen LogP contribution in [0.15, 0.2) is 83.7 Å². The Labute approximate surface area is 170 Å². The van der Waals surface area contributed by atoms with Crippen LogP contribution in [0.5, 0.6) is 0 Å². The first kappa shape index (κ1) is 19.0. The summed E-state index contributed by atoms with van der Waals surface area (Å²) in [5.41, 5.74) is 0.947. The fourth-order valence-corrected chi connectivity index (χ4v) is 3.16. The summed E-state index contributed by atoms with van der Waals surface area (Å²) < 4.78 is 1.04. The van der Waals surface area contributed by atoms with Crippen LogP contribution < -0.4 is 10.9 Å². The summed E-state index contributed by atoms with van der Waals surface area (Å²) in [5, 5.41) is 19.9. The highest BCUT2D eigenvalue weighted by molar-refractivity contribution is 6.01. The van der Waals surface area contributed by atoms with Crippen LogP contribution in [0.2, 0.25) is 0 Å². The molecule has 0 aliphatic rings. The second-order valence-corrected chi connectivity index (χ2v) is 6.60. The molecule has 1 aromatic heterocycles. The lowest BCUT2D eigenvalue weighted by molar-refractivity contribution is -0.384. The quantitative estimate of drug-likeness (QED) is 0.407. The van der Waals surface area contributed by atoms with Crippen molar-refractivity contribution in [2.24, 2.45) is 0 Å². The lowest BCUT2D eigenvalue weighted by Gasteiger charge is -2.10. The Bertz CT molecular complexity index is 1320. The van der Waals surface area contributed by atoms with Crippen molar-refractivity contribution in [3.63, 3.8) is 0 Å². The summed E-state index contributed by atoms with van der Waals surface area (Å²) in [6.07, 6.45) is 0. The topological polar surface area (TPSA) is 107 Å². The van der Waals surface area contributed by atoms with E-state index in [1.165, 1.54) is 30.3 Å². The van der Waals surface area contributed by atoms with E-state index in [0.29, 0.717) is 16.9 Å². The summed E-state index contributed by atoms with van der Waals surface area (Å²) in [6, 6.07) is 21.9. The third-order valence-corrected chi connectivity index (χ3v) is 4.58. The van der Waals surface area contributed by atoms with Gasteiger partial charge in [-0.25, -0.2) is 4.68 Å². The fraction of sp³-hybridized carbons (Fsp3) is 0.0455. The number of aromatic nitrogens is 2. The lowest BCUT2D eigenvalue weighted by atomic mass is 10.1. The highest BCUT2D eigenvalue weighted by atomic mass is 16.6. The van der Waals surface area contributed by atoms with Gasteiger partial charge in [0.15, 0.2) is 0 Å². The molecule has 4 aromatic rings. The number of rotatable bonds is 5. The van der Waals surface area contributed by atoms with Crippen molar-refractivity contribution in [1.82, 2.24) is 9.78 Å². The van der Waals surface area contributed by atoms with Gasteiger partial charge in [0.25, 0.3) is 11.2 Å². The van der Waals surface area contributed by atoms with Crippen molar-refractivity contribution in [3.8, 4) is 11.3 Å². The molecule has 148 valence electrons. The van der Waals surface area contributed by atoms with Gasteiger partial charge in [0.1, 0.15) is 6.54 Å². The number of anilines is 1. The first-order valence-corrected chi connectivity index (χ1v) is 9.12. The molecule has 0 fully saturated rings. The minimum atomic E-state index is -0.503. The van der Waals surface area contributed by atoms with Gasteiger partial charge in [-0.15, -0.1) is 0 Å². The van der Waals surface area contributed by atoms with Gasteiger partial charge in [0.05, 0.1) is 10.6 Å². The number of amides is 1. The molecular formula is C22H16N4O4. The van der Waals surface area contributed by atoms with E-state index in [9.17, 15) is 19.7 Å². The minimum absolute atomic E-state index is 0.0826. The third kappa shape index (κ3) is 3.93. The molecule has 3 aromatic carbocycles. The molecule has 0 aliphatic heterocycles. The van der Waals surface area contributed by atoms with Gasteiger partial charge in [-0.1, -0.05) is 48.5 Å². The van der Waals surface area contributed by atoms with Crippen LogP contribution in [0, 0.1) is 10.1 Å². The normalized spacial score (nSPS) is 10.7. The molecule has 0 saturated carbocycles. The number of carbonyl (C=O) groups is 1. The van der Waals surface area contributed by atoms with Crippen LogP contribution in [0.4, 0.5) is 11.4 Å². The van der Waals surface area contributed by atoms with Gasteiger partial charge in [-0.05, 0) is 17.5 Å². The molecule has 8 nitrogen and oxygen atoms in total. The second kappa shape index (κ2) is 7.96. The van der Waals surface area contributed by atoms with Gasteiger partial charge in [-0.2, -0.15) is 5.10 Å². The second-order valence-electron chi connectivity index (χ2n) is 6.60. The molecular weight excluding hydrogens is 384 g/mol. The zero-order chi connectivity index (χ0) is 21.1. The van der Waals surface area contributed by atoms with E-state index in [1.54, 1.807) is 12.1 Å². The number of hydrogen-bond donors (Lipinski definition) is 1. The van der Waals surface area contributed by atoms with E-state index >= 15 is 0 Å². The van der Waals surface area contributed by atoms with Crippen LogP contribution in [-0.4, -0.2) is 20.6 Å². The van der Waals surface area contributed by atoms with Gasteiger partial charge in [0.2, 0.25) is 5.91 Å². The molecule has 1 amide bonds. The SMILES string of the molecule is O=C(Cn1nc(-c2cccc([N+](=O)[O-])c2)ccc1=O)Nc1cccc2ccccc12. The molecule has 0 spiro atoms. The minimum Gasteiger partial charge on any atom is -0.324 e. The Morgan fingerprint density at radius 2 is 1.77 bits per heavy atom. The monoisotopic (exact) mass is 400 g/mol. The number of benzene rings is 3. The molecule has 0 unspecified atom stereocenters. The van der Waals surface area contributed by atoms with Crippen molar-refractivity contribution in [2.75, 3.05) is 5.32 Å². The number of non-ortho nitro benzene ring substituents is 1. The van der Waals surface area contributed by atoms with Gasteiger partial charge < -0.3 is 5.32 Å². The summed E-state index contributed by atoms with van der Waals surface area (Å²) in [4.78, 5) is 35.3. The van der Waals surface area contributed by atoms with Crippen LogP contribution in [0.1, 0.15) is 0 Å². The predicted molar refractivity (Wildman–Crippen MR) is 113 cm³/mol. The van der Waals surface area contributed by atoms with E-state index in [1.807, 2.05) is 36.4 Å². The maximum atomic E-state index is 12.6. The summed E-state index contributed by atoms with van der Waals surface area (Å²) in [5.74, 6) is -0.405. The highest BCUT2D eigenvalue weighted by Gasteiger charge is 2.12. The number of carbonyl (C=O) groups excluding carboxylic acids is 1. The van der Waals surface area contributed by atoms with Gasteiger partial charge in [-0.3, -0.25) is 19.7 Å². The molecule has 0 atom stereocenters. The largest absolute Gasteiger partial charge is 0.324 e. The van der Waals surface area contributed by atoms with Crippen molar-refractivity contribution in [1.29, 1.82) is 0 Å². The first-order valence-electron chi connectivity index (χ1n) is 9.12. The standard InChI is InChI=1S/C22H16N4O4/c27-21(23-20-10-4-6-15-5-1-2-9-18(15)20)14-25-22(28)12-11-19(24-25)16-7-3-8-17(13-16)26(29)30/h1-13H,14H2,(H,23,27). The van der Waals surface area contributed by atoms with Crippen LogP contribution in [0.25, 0.3) is 22.0 Å². The fourth-order valence-electron chi connectivity index (χ4n) is 3.16. The lowest BCUT2D eigenvalue weighted by Crippen LogP contribution is -2.29. The maximum absolute atomic E-state index is 12.6. The van der Waals surface area contributed by atoms with E-state index in [0.717, 1.165) is 15.5 Å². The van der Waals surface area contributed by atoms with Crippen molar-refractivity contribution in [2.45, 2.75) is 6.54 Å². The maximum Gasteiger partial charge on any atom is 0.270 e.